The van der Waals surface area contributed by atoms with Crippen molar-refractivity contribution in [2.24, 2.45) is 0 Å². The SMILES string of the molecule is CS(=O)(=O)c1ccc(-c2cnc3[nH]ccc3c2NC2CCCN(C(=O)CC#N)C2)nc1. The quantitative estimate of drug-likeness (QED) is 0.625. The molecule has 160 valence electrons. The van der Waals surface area contributed by atoms with Crippen molar-refractivity contribution >= 4 is 32.5 Å². The second-order valence-corrected chi connectivity index (χ2v) is 9.61. The number of nitriles is 1. The number of H-pyrrole nitrogens is 1. The summed E-state index contributed by atoms with van der Waals surface area (Å²) in [5.41, 5.74) is 2.88. The van der Waals surface area contributed by atoms with Crippen LogP contribution in [0.25, 0.3) is 22.3 Å². The van der Waals surface area contributed by atoms with Crippen LogP contribution >= 0.6 is 0 Å². The zero-order valence-electron chi connectivity index (χ0n) is 17.0. The van der Waals surface area contributed by atoms with E-state index in [1.54, 1.807) is 23.4 Å². The lowest BCUT2D eigenvalue weighted by molar-refractivity contribution is -0.131. The van der Waals surface area contributed by atoms with Crippen LogP contribution in [0.3, 0.4) is 0 Å². The number of fused-ring (bicyclic) bond motifs is 1. The second kappa shape index (κ2) is 8.35. The van der Waals surface area contributed by atoms with E-state index in [0.29, 0.717) is 24.4 Å². The molecule has 0 aromatic carbocycles. The van der Waals surface area contributed by atoms with Crippen LogP contribution in [0, 0.1) is 11.3 Å². The van der Waals surface area contributed by atoms with Crippen LogP contribution in [0.1, 0.15) is 19.3 Å². The summed E-state index contributed by atoms with van der Waals surface area (Å²) in [7, 11) is -3.34. The number of aromatic amines is 1. The van der Waals surface area contributed by atoms with Crippen LogP contribution in [0.4, 0.5) is 5.69 Å². The lowest BCUT2D eigenvalue weighted by Crippen LogP contribution is -2.45. The van der Waals surface area contributed by atoms with Gasteiger partial charge in [0.15, 0.2) is 9.84 Å². The minimum atomic E-state index is -3.34. The largest absolute Gasteiger partial charge is 0.379 e. The molecule has 0 aliphatic carbocycles. The molecule has 1 atom stereocenters. The van der Waals surface area contributed by atoms with E-state index < -0.39 is 9.84 Å². The van der Waals surface area contributed by atoms with Gasteiger partial charge in [-0.1, -0.05) is 0 Å². The number of aromatic nitrogens is 3. The van der Waals surface area contributed by atoms with Crippen molar-refractivity contribution < 1.29 is 13.2 Å². The number of nitrogens with zero attached hydrogens (tertiary/aromatic N) is 4. The number of carbonyl (C=O) groups is 1. The molecule has 3 aromatic heterocycles. The number of amides is 1. The molecule has 0 radical (unpaired) electrons. The van der Waals surface area contributed by atoms with Gasteiger partial charge >= 0.3 is 0 Å². The van der Waals surface area contributed by atoms with Gasteiger partial charge in [-0.2, -0.15) is 5.26 Å². The van der Waals surface area contributed by atoms with E-state index in [0.717, 1.165) is 35.7 Å². The fourth-order valence-electron chi connectivity index (χ4n) is 3.82. The van der Waals surface area contributed by atoms with Crippen LogP contribution in [0.5, 0.6) is 0 Å². The number of anilines is 1. The maximum absolute atomic E-state index is 12.2. The van der Waals surface area contributed by atoms with Crippen molar-refractivity contribution in [2.45, 2.75) is 30.2 Å². The molecule has 31 heavy (non-hydrogen) atoms. The molecular formula is C21H22N6O3S. The van der Waals surface area contributed by atoms with Gasteiger partial charge in [-0.25, -0.2) is 13.4 Å². The predicted molar refractivity (Wildman–Crippen MR) is 116 cm³/mol. The summed E-state index contributed by atoms with van der Waals surface area (Å²) in [6, 6.07) is 7.04. The van der Waals surface area contributed by atoms with Gasteiger partial charge in [0.1, 0.15) is 12.1 Å². The molecule has 1 unspecified atom stereocenters. The van der Waals surface area contributed by atoms with Crippen LogP contribution in [0.15, 0.2) is 41.7 Å². The molecule has 2 N–H and O–H groups in total. The number of piperidine rings is 1. The third-order valence-corrected chi connectivity index (χ3v) is 6.48. The average Bonchev–Trinajstić information content (AvgIpc) is 3.23. The highest BCUT2D eigenvalue weighted by molar-refractivity contribution is 7.90. The third kappa shape index (κ3) is 4.36. The van der Waals surface area contributed by atoms with E-state index in [-0.39, 0.29) is 23.3 Å². The first-order valence-corrected chi connectivity index (χ1v) is 11.8. The minimum absolute atomic E-state index is 0.00550. The number of nitrogens with one attached hydrogen (secondary N) is 2. The van der Waals surface area contributed by atoms with Crippen molar-refractivity contribution in [1.82, 2.24) is 19.9 Å². The van der Waals surface area contributed by atoms with Crippen molar-refractivity contribution in [3.8, 4) is 17.3 Å². The maximum Gasteiger partial charge on any atom is 0.236 e. The normalized spacial score (nSPS) is 16.8. The number of sulfone groups is 1. The lowest BCUT2D eigenvalue weighted by atomic mass is 10.0. The topological polar surface area (TPSA) is 132 Å². The van der Waals surface area contributed by atoms with E-state index in [1.807, 2.05) is 12.1 Å². The summed E-state index contributed by atoms with van der Waals surface area (Å²) in [5.74, 6) is -0.159. The van der Waals surface area contributed by atoms with Crippen molar-refractivity contribution in [3.63, 3.8) is 0 Å². The molecule has 0 spiro atoms. The van der Waals surface area contributed by atoms with Gasteiger partial charge in [-0.05, 0) is 31.0 Å². The Morgan fingerprint density at radius 3 is 2.87 bits per heavy atom. The van der Waals surface area contributed by atoms with E-state index in [2.05, 4.69) is 20.3 Å². The molecule has 0 saturated carbocycles. The predicted octanol–water partition coefficient (Wildman–Crippen LogP) is 2.34. The number of carbonyl (C=O) groups excluding carboxylic acids is 1. The fourth-order valence-corrected chi connectivity index (χ4v) is 4.38. The Labute approximate surface area is 180 Å². The van der Waals surface area contributed by atoms with Crippen molar-refractivity contribution in [3.05, 3.63) is 36.8 Å². The van der Waals surface area contributed by atoms with E-state index in [9.17, 15) is 13.2 Å². The smallest absolute Gasteiger partial charge is 0.236 e. The average molecular weight is 439 g/mol. The second-order valence-electron chi connectivity index (χ2n) is 7.60. The molecule has 1 aliphatic heterocycles. The summed E-state index contributed by atoms with van der Waals surface area (Å²) >= 11 is 0. The van der Waals surface area contributed by atoms with Gasteiger partial charge in [0, 0.05) is 54.9 Å². The molecule has 3 aromatic rings. The van der Waals surface area contributed by atoms with Gasteiger partial charge in [0.25, 0.3) is 0 Å². The number of rotatable bonds is 5. The zero-order valence-corrected chi connectivity index (χ0v) is 17.8. The number of hydrogen-bond acceptors (Lipinski definition) is 7. The standard InChI is InChI=1S/C21H22N6O3S/c1-31(29,30)15-4-5-18(24-11-15)17-12-25-21-16(7-9-23-21)20(17)26-14-3-2-10-27(13-14)19(28)6-8-22/h4-5,7,9,11-12,14H,2-3,6,10,13H2,1H3,(H2,23,25,26). The maximum atomic E-state index is 12.2. The Kier molecular flexibility index (Phi) is 5.61. The number of pyridine rings is 2. The van der Waals surface area contributed by atoms with Crippen molar-refractivity contribution in [1.29, 1.82) is 5.26 Å². The Hall–Kier alpha value is -3.45. The van der Waals surface area contributed by atoms with Crippen molar-refractivity contribution in [2.75, 3.05) is 24.7 Å². The Bertz CT molecular complexity index is 1260. The minimum Gasteiger partial charge on any atom is -0.379 e. The molecule has 1 saturated heterocycles. The molecule has 1 aliphatic rings. The lowest BCUT2D eigenvalue weighted by Gasteiger charge is -2.34. The fraction of sp³-hybridized carbons (Fsp3) is 0.333. The number of likely N-dealkylation sites (tertiary alicyclic amines) is 1. The highest BCUT2D eigenvalue weighted by Gasteiger charge is 2.25. The first-order valence-electron chi connectivity index (χ1n) is 9.90. The molecule has 4 heterocycles. The Morgan fingerprint density at radius 1 is 1.32 bits per heavy atom. The molecule has 9 nitrogen and oxygen atoms in total. The summed E-state index contributed by atoms with van der Waals surface area (Å²) in [6.45, 7) is 1.16. The highest BCUT2D eigenvalue weighted by atomic mass is 32.2. The van der Waals surface area contributed by atoms with Crippen LogP contribution in [-0.2, 0) is 14.6 Å². The van der Waals surface area contributed by atoms with Crippen LogP contribution in [-0.4, -0.2) is 59.6 Å². The summed E-state index contributed by atoms with van der Waals surface area (Å²) in [4.78, 5) is 26.0. The van der Waals surface area contributed by atoms with Crippen LogP contribution in [0.2, 0.25) is 0 Å². The van der Waals surface area contributed by atoms with Gasteiger partial charge in [0.2, 0.25) is 5.91 Å². The molecule has 10 heteroatoms. The van der Waals surface area contributed by atoms with E-state index in [4.69, 9.17) is 5.26 Å². The highest BCUT2D eigenvalue weighted by Crippen LogP contribution is 2.34. The third-order valence-electron chi connectivity index (χ3n) is 5.38. The molecular weight excluding hydrogens is 416 g/mol. The molecule has 4 rings (SSSR count). The van der Waals surface area contributed by atoms with Crippen LogP contribution < -0.4 is 5.32 Å². The molecule has 1 amide bonds. The summed E-state index contributed by atoms with van der Waals surface area (Å²) in [6.07, 6.45) is 7.59. The molecule has 1 fully saturated rings. The molecule has 0 bridgehead atoms. The summed E-state index contributed by atoms with van der Waals surface area (Å²) in [5, 5.41) is 13.3. The Morgan fingerprint density at radius 2 is 2.16 bits per heavy atom. The monoisotopic (exact) mass is 438 g/mol. The van der Waals surface area contributed by atoms with E-state index >= 15 is 0 Å². The van der Waals surface area contributed by atoms with E-state index in [1.165, 1.54) is 12.3 Å². The first-order chi connectivity index (χ1) is 14.9. The summed E-state index contributed by atoms with van der Waals surface area (Å²) < 4.78 is 23.5. The first kappa shape index (κ1) is 20.8. The Balaban J connectivity index is 1.68. The van der Waals surface area contributed by atoms with Gasteiger partial charge < -0.3 is 15.2 Å². The van der Waals surface area contributed by atoms with Gasteiger partial charge in [0.05, 0.1) is 22.3 Å². The van der Waals surface area contributed by atoms with Gasteiger partial charge in [-0.3, -0.25) is 9.78 Å². The zero-order chi connectivity index (χ0) is 22.0. The van der Waals surface area contributed by atoms with Gasteiger partial charge in [-0.15, -0.1) is 0 Å². The number of hydrogen-bond donors (Lipinski definition) is 2.